The molecule has 2 rings (SSSR count). The predicted molar refractivity (Wildman–Crippen MR) is 82.2 cm³/mol. The van der Waals surface area contributed by atoms with Crippen molar-refractivity contribution in [3.8, 4) is 0 Å². The third-order valence-corrected chi connectivity index (χ3v) is 2.81. The van der Waals surface area contributed by atoms with Crippen LogP contribution in [-0.2, 0) is 0 Å². The van der Waals surface area contributed by atoms with Crippen LogP contribution in [0.25, 0.3) is 0 Å². The van der Waals surface area contributed by atoms with Gasteiger partial charge in [-0.1, -0.05) is 18.2 Å². The SMILES string of the molecule is Cc1cc(C)cc(NC(=S)Nc2ccccc2F)c1. The summed E-state index contributed by atoms with van der Waals surface area (Å²) in [7, 11) is 0. The van der Waals surface area contributed by atoms with Crippen LogP contribution >= 0.6 is 12.2 Å². The molecule has 0 radical (unpaired) electrons. The second-order valence-electron chi connectivity index (χ2n) is 4.44. The van der Waals surface area contributed by atoms with Gasteiger partial charge in [0.1, 0.15) is 5.82 Å². The zero-order valence-corrected chi connectivity index (χ0v) is 11.6. The van der Waals surface area contributed by atoms with Gasteiger partial charge in [-0.3, -0.25) is 0 Å². The summed E-state index contributed by atoms with van der Waals surface area (Å²) in [5, 5.41) is 6.27. The number of hydrogen-bond donors (Lipinski definition) is 2. The molecule has 4 heteroatoms. The maximum Gasteiger partial charge on any atom is 0.175 e. The molecule has 0 spiro atoms. The first kappa shape index (κ1) is 13.5. The molecule has 0 atom stereocenters. The molecule has 0 aliphatic heterocycles. The van der Waals surface area contributed by atoms with Gasteiger partial charge >= 0.3 is 0 Å². The van der Waals surface area contributed by atoms with Crippen molar-refractivity contribution in [3.63, 3.8) is 0 Å². The monoisotopic (exact) mass is 274 g/mol. The molecule has 0 amide bonds. The Balaban J connectivity index is 2.07. The zero-order valence-electron chi connectivity index (χ0n) is 10.8. The van der Waals surface area contributed by atoms with Crippen molar-refractivity contribution in [2.24, 2.45) is 0 Å². The van der Waals surface area contributed by atoms with Crippen LogP contribution in [0.4, 0.5) is 15.8 Å². The van der Waals surface area contributed by atoms with E-state index >= 15 is 0 Å². The fourth-order valence-corrected chi connectivity index (χ4v) is 2.12. The molecule has 0 saturated carbocycles. The Labute approximate surface area is 117 Å². The summed E-state index contributed by atoms with van der Waals surface area (Å²) in [5.41, 5.74) is 3.56. The van der Waals surface area contributed by atoms with Gasteiger partial charge in [0, 0.05) is 5.69 Å². The van der Waals surface area contributed by atoms with Crippen molar-refractivity contribution < 1.29 is 4.39 Å². The van der Waals surface area contributed by atoms with Gasteiger partial charge in [-0.2, -0.15) is 0 Å². The first-order chi connectivity index (χ1) is 9.04. The average molecular weight is 274 g/mol. The molecular formula is C15H15FN2S. The molecule has 0 fully saturated rings. The lowest BCUT2D eigenvalue weighted by molar-refractivity contribution is 0.632. The minimum Gasteiger partial charge on any atom is -0.332 e. The topological polar surface area (TPSA) is 24.1 Å². The molecule has 0 heterocycles. The summed E-state index contributed by atoms with van der Waals surface area (Å²) in [6.07, 6.45) is 0. The van der Waals surface area contributed by atoms with Gasteiger partial charge in [-0.05, 0) is 61.5 Å². The Morgan fingerprint density at radius 2 is 1.63 bits per heavy atom. The molecular weight excluding hydrogens is 259 g/mol. The van der Waals surface area contributed by atoms with E-state index in [2.05, 4.69) is 16.7 Å². The number of hydrogen-bond acceptors (Lipinski definition) is 1. The largest absolute Gasteiger partial charge is 0.332 e. The molecule has 0 saturated heterocycles. The van der Waals surface area contributed by atoms with Gasteiger partial charge in [-0.15, -0.1) is 0 Å². The molecule has 19 heavy (non-hydrogen) atoms. The second-order valence-corrected chi connectivity index (χ2v) is 4.84. The molecule has 2 N–H and O–H groups in total. The standard InChI is InChI=1S/C15H15FN2S/c1-10-7-11(2)9-12(8-10)17-15(19)18-14-6-4-3-5-13(14)16/h3-9H,1-2H3,(H2,17,18,19). The number of para-hydroxylation sites is 1. The van der Waals surface area contributed by atoms with Crippen molar-refractivity contribution in [1.82, 2.24) is 0 Å². The minimum atomic E-state index is -0.327. The Hall–Kier alpha value is -1.94. The van der Waals surface area contributed by atoms with Crippen LogP contribution in [0.15, 0.2) is 42.5 Å². The minimum absolute atomic E-state index is 0.327. The van der Waals surface area contributed by atoms with Crippen LogP contribution in [-0.4, -0.2) is 5.11 Å². The quantitative estimate of drug-likeness (QED) is 0.800. The smallest absolute Gasteiger partial charge is 0.175 e. The third kappa shape index (κ3) is 3.76. The van der Waals surface area contributed by atoms with Crippen molar-refractivity contribution in [1.29, 1.82) is 0 Å². The maximum absolute atomic E-state index is 13.5. The number of aryl methyl sites for hydroxylation is 2. The van der Waals surface area contributed by atoms with E-state index in [1.54, 1.807) is 18.2 Å². The summed E-state index contributed by atoms with van der Waals surface area (Å²) >= 11 is 5.18. The molecule has 0 unspecified atom stereocenters. The molecule has 0 bridgehead atoms. The number of benzene rings is 2. The number of rotatable bonds is 2. The summed E-state index contributed by atoms with van der Waals surface area (Å²) in [5.74, 6) is -0.327. The fourth-order valence-electron chi connectivity index (χ4n) is 1.89. The molecule has 98 valence electrons. The van der Waals surface area contributed by atoms with Crippen molar-refractivity contribution in [3.05, 3.63) is 59.4 Å². The first-order valence-corrected chi connectivity index (χ1v) is 6.36. The van der Waals surface area contributed by atoms with Crippen LogP contribution in [0, 0.1) is 19.7 Å². The molecule has 0 aliphatic rings. The first-order valence-electron chi connectivity index (χ1n) is 5.95. The van der Waals surface area contributed by atoms with E-state index in [0.29, 0.717) is 10.8 Å². The zero-order chi connectivity index (χ0) is 13.8. The number of halogens is 1. The van der Waals surface area contributed by atoms with Crippen LogP contribution < -0.4 is 10.6 Å². The summed E-state index contributed by atoms with van der Waals surface area (Å²) in [4.78, 5) is 0. The number of anilines is 2. The highest BCUT2D eigenvalue weighted by molar-refractivity contribution is 7.80. The molecule has 2 aromatic carbocycles. The van der Waals surface area contributed by atoms with E-state index in [1.807, 2.05) is 26.0 Å². The normalized spacial score (nSPS) is 10.1. The third-order valence-electron chi connectivity index (χ3n) is 2.60. The highest BCUT2D eigenvalue weighted by Crippen LogP contribution is 2.16. The second kappa shape index (κ2) is 5.80. The van der Waals surface area contributed by atoms with Crippen molar-refractivity contribution in [2.75, 3.05) is 10.6 Å². The highest BCUT2D eigenvalue weighted by atomic mass is 32.1. The van der Waals surface area contributed by atoms with Gasteiger partial charge in [0.25, 0.3) is 0 Å². The van der Waals surface area contributed by atoms with E-state index < -0.39 is 0 Å². The average Bonchev–Trinajstić information content (AvgIpc) is 2.30. The van der Waals surface area contributed by atoms with E-state index in [9.17, 15) is 4.39 Å². The van der Waals surface area contributed by atoms with Gasteiger partial charge in [0.2, 0.25) is 0 Å². The van der Waals surface area contributed by atoms with Gasteiger partial charge < -0.3 is 10.6 Å². The molecule has 0 aliphatic carbocycles. The Bertz CT molecular complexity index is 591. The Morgan fingerprint density at radius 1 is 1.00 bits per heavy atom. The summed E-state index contributed by atoms with van der Waals surface area (Å²) in [6.45, 7) is 4.04. The fraction of sp³-hybridized carbons (Fsp3) is 0.133. The van der Waals surface area contributed by atoms with Crippen LogP contribution in [0.5, 0.6) is 0 Å². The lowest BCUT2D eigenvalue weighted by Gasteiger charge is -2.12. The van der Waals surface area contributed by atoms with Gasteiger partial charge in [-0.25, -0.2) is 4.39 Å². The molecule has 2 aromatic rings. The van der Waals surface area contributed by atoms with Crippen LogP contribution in [0.3, 0.4) is 0 Å². The Morgan fingerprint density at radius 3 is 2.26 bits per heavy atom. The Kier molecular flexibility index (Phi) is 4.12. The summed E-state index contributed by atoms with van der Waals surface area (Å²) in [6, 6.07) is 12.5. The lowest BCUT2D eigenvalue weighted by Crippen LogP contribution is -2.19. The predicted octanol–water partition coefficient (Wildman–Crippen LogP) is 4.25. The summed E-state index contributed by atoms with van der Waals surface area (Å²) < 4.78 is 13.5. The van der Waals surface area contributed by atoms with Crippen LogP contribution in [0.2, 0.25) is 0 Å². The maximum atomic E-state index is 13.5. The highest BCUT2D eigenvalue weighted by Gasteiger charge is 2.03. The van der Waals surface area contributed by atoms with Crippen molar-refractivity contribution >= 4 is 28.7 Å². The molecule has 2 nitrogen and oxygen atoms in total. The van der Waals surface area contributed by atoms with E-state index in [0.717, 1.165) is 16.8 Å². The van der Waals surface area contributed by atoms with E-state index in [-0.39, 0.29) is 5.82 Å². The molecule has 0 aromatic heterocycles. The van der Waals surface area contributed by atoms with E-state index in [4.69, 9.17) is 12.2 Å². The van der Waals surface area contributed by atoms with Gasteiger partial charge in [0.15, 0.2) is 5.11 Å². The number of nitrogens with one attached hydrogen (secondary N) is 2. The number of thiocarbonyl (C=S) groups is 1. The lowest BCUT2D eigenvalue weighted by atomic mass is 10.1. The van der Waals surface area contributed by atoms with E-state index in [1.165, 1.54) is 6.07 Å². The van der Waals surface area contributed by atoms with Crippen molar-refractivity contribution in [2.45, 2.75) is 13.8 Å². The van der Waals surface area contributed by atoms with Gasteiger partial charge in [0.05, 0.1) is 5.69 Å². The van der Waals surface area contributed by atoms with Crippen LogP contribution in [0.1, 0.15) is 11.1 Å².